The fraction of sp³-hybridized carbons (Fsp3) is 0.789. The highest BCUT2D eigenvalue weighted by Gasteiger charge is 2.58. The molecule has 0 aromatic heterocycles. The highest BCUT2D eigenvalue weighted by Crippen LogP contribution is 2.33. The van der Waals surface area contributed by atoms with Crippen molar-refractivity contribution < 1.29 is 29.6 Å². The first-order valence-electron chi connectivity index (χ1n) is 9.67. The van der Waals surface area contributed by atoms with E-state index in [1.807, 2.05) is 0 Å². The summed E-state index contributed by atoms with van der Waals surface area (Å²) in [6, 6.07) is -1.04. The van der Waals surface area contributed by atoms with Crippen molar-refractivity contribution in [1.82, 2.24) is 5.32 Å². The molecule has 2 heterocycles. The first-order chi connectivity index (χ1) is 12.4. The Kier molecular flexibility index (Phi) is 7.61. The number of nitrogens with one attached hydrogen (secondary N) is 1. The number of hydrogen-bond donors (Lipinski definition) is 4. The van der Waals surface area contributed by atoms with Crippen molar-refractivity contribution in [2.75, 3.05) is 6.61 Å². The average Bonchev–Trinajstić information content (AvgIpc) is 3.35. The third-order valence-electron chi connectivity index (χ3n) is 5.19. The predicted octanol–water partition coefficient (Wildman–Crippen LogP) is 0.952. The lowest BCUT2D eigenvalue weighted by Crippen LogP contribution is -2.53. The van der Waals surface area contributed by atoms with E-state index >= 15 is 0 Å². The monoisotopic (exact) mass is 369 g/mol. The SMILES string of the molecule is CCCCCCCCCC1OC1=CCC(=O)C1(O)C(=O)NC(CO)C1O. The van der Waals surface area contributed by atoms with E-state index in [0.29, 0.717) is 5.76 Å². The number of allylic oxidation sites excluding steroid dienone is 1. The molecule has 0 aromatic rings. The number of carbonyl (C=O) groups is 2. The van der Waals surface area contributed by atoms with Crippen LogP contribution < -0.4 is 5.32 Å². The average molecular weight is 369 g/mol. The first kappa shape index (κ1) is 20.9. The Morgan fingerprint density at radius 2 is 1.88 bits per heavy atom. The smallest absolute Gasteiger partial charge is 0.263 e. The van der Waals surface area contributed by atoms with Crippen molar-refractivity contribution in [3.8, 4) is 0 Å². The number of amides is 1. The summed E-state index contributed by atoms with van der Waals surface area (Å²) < 4.78 is 5.43. The molecule has 2 aliphatic rings. The second kappa shape index (κ2) is 9.48. The third kappa shape index (κ3) is 4.84. The Bertz CT molecular complexity index is 534. The van der Waals surface area contributed by atoms with Crippen LogP contribution in [-0.4, -0.2) is 57.5 Å². The van der Waals surface area contributed by atoms with Crippen LogP contribution in [-0.2, 0) is 14.3 Å². The number of aliphatic hydroxyl groups excluding tert-OH is 2. The number of hydrogen-bond acceptors (Lipinski definition) is 6. The van der Waals surface area contributed by atoms with Gasteiger partial charge in [0.1, 0.15) is 11.9 Å². The van der Waals surface area contributed by atoms with E-state index in [1.54, 1.807) is 6.08 Å². The molecule has 2 aliphatic heterocycles. The molecule has 0 bridgehead atoms. The maximum Gasteiger partial charge on any atom is 0.263 e. The Labute approximate surface area is 154 Å². The number of Topliss-reactive ketones (excluding diaryl/α,β-unsaturated/α-hetero) is 1. The molecular formula is C19H31NO6. The zero-order chi connectivity index (χ0) is 19.2. The highest BCUT2D eigenvalue weighted by atomic mass is 16.6. The number of unbranched alkanes of at least 4 members (excludes halogenated alkanes) is 6. The van der Waals surface area contributed by atoms with Crippen LogP contribution >= 0.6 is 0 Å². The molecule has 4 atom stereocenters. The fourth-order valence-corrected chi connectivity index (χ4v) is 3.37. The Hall–Kier alpha value is -1.44. The Balaban J connectivity index is 1.69. The summed E-state index contributed by atoms with van der Waals surface area (Å²) in [5.74, 6) is -1.06. The molecule has 148 valence electrons. The molecule has 0 spiro atoms. The minimum Gasteiger partial charge on any atom is -0.483 e. The van der Waals surface area contributed by atoms with Crippen LogP contribution in [0.15, 0.2) is 11.8 Å². The first-order valence-corrected chi connectivity index (χ1v) is 9.67. The van der Waals surface area contributed by atoms with E-state index < -0.39 is 36.0 Å². The van der Waals surface area contributed by atoms with Gasteiger partial charge in [0.15, 0.2) is 11.9 Å². The minimum absolute atomic E-state index is 0.0283. The molecule has 0 aliphatic carbocycles. The maximum absolute atomic E-state index is 12.2. The number of rotatable bonds is 12. The van der Waals surface area contributed by atoms with E-state index in [-0.39, 0.29) is 12.5 Å². The lowest BCUT2D eigenvalue weighted by molar-refractivity contribution is -0.156. The zero-order valence-corrected chi connectivity index (χ0v) is 15.4. The van der Waals surface area contributed by atoms with Gasteiger partial charge in [-0.2, -0.15) is 0 Å². The van der Waals surface area contributed by atoms with Crippen molar-refractivity contribution in [1.29, 1.82) is 0 Å². The normalized spacial score (nSPS) is 31.8. The third-order valence-corrected chi connectivity index (χ3v) is 5.19. The summed E-state index contributed by atoms with van der Waals surface area (Å²) in [6.07, 6.45) is 9.25. The molecule has 2 rings (SSSR count). The van der Waals surface area contributed by atoms with Gasteiger partial charge in [0.25, 0.3) is 5.91 Å². The Morgan fingerprint density at radius 1 is 1.23 bits per heavy atom. The molecule has 0 saturated carbocycles. The quantitative estimate of drug-likeness (QED) is 0.231. The van der Waals surface area contributed by atoms with Gasteiger partial charge in [-0.3, -0.25) is 9.59 Å². The minimum atomic E-state index is -2.51. The van der Waals surface area contributed by atoms with Gasteiger partial charge in [-0.05, 0) is 18.9 Å². The van der Waals surface area contributed by atoms with Crippen molar-refractivity contribution in [2.24, 2.45) is 0 Å². The summed E-state index contributed by atoms with van der Waals surface area (Å²) in [5, 5.41) is 31.5. The molecule has 2 fully saturated rings. The predicted molar refractivity (Wildman–Crippen MR) is 95.2 cm³/mol. The standard InChI is InChI=1S/C19H31NO6/c1-2-3-4-5-6-7-8-9-14-15(26-14)10-11-16(22)19(25)17(23)13(12-21)20-18(19)24/h10,13-14,17,21,23,25H,2-9,11-12H2,1H3,(H,20,24). The van der Waals surface area contributed by atoms with Crippen molar-refractivity contribution in [3.05, 3.63) is 11.8 Å². The van der Waals surface area contributed by atoms with Crippen LogP contribution in [0.1, 0.15) is 64.7 Å². The van der Waals surface area contributed by atoms with Gasteiger partial charge in [-0.1, -0.05) is 45.4 Å². The fourth-order valence-electron chi connectivity index (χ4n) is 3.37. The van der Waals surface area contributed by atoms with Crippen LogP contribution in [0, 0.1) is 0 Å². The second-order valence-corrected chi connectivity index (χ2v) is 7.22. The molecule has 4 unspecified atom stereocenters. The van der Waals surface area contributed by atoms with Gasteiger partial charge in [0.05, 0.1) is 12.6 Å². The van der Waals surface area contributed by atoms with Crippen molar-refractivity contribution in [2.45, 2.75) is 88.6 Å². The molecular weight excluding hydrogens is 338 g/mol. The lowest BCUT2D eigenvalue weighted by Gasteiger charge is -2.22. The van der Waals surface area contributed by atoms with Crippen LogP contribution in [0.25, 0.3) is 0 Å². The van der Waals surface area contributed by atoms with Gasteiger partial charge >= 0.3 is 0 Å². The molecule has 1 amide bonds. The van der Waals surface area contributed by atoms with Crippen LogP contribution in [0.4, 0.5) is 0 Å². The number of ketones is 1. The van der Waals surface area contributed by atoms with Crippen LogP contribution in [0.3, 0.4) is 0 Å². The van der Waals surface area contributed by atoms with Crippen LogP contribution in [0.2, 0.25) is 0 Å². The summed E-state index contributed by atoms with van der Waals surface area (Å²) in [7, 11) is 0. The molecule has 0 radical (unpaired) electrons. The molecule has 7 heteroatoms. The lowest BCUT2D eigenvalue weighted by atomic mass is 9.89. The van der Waals surface area contributed by atoms with Gasteiger partial charge in [0, 0.05) is 6.42 Å². The molecule has 4 N–H and O–H groups in total. The zero-order valence-electron chi connectivity index (χ0n) is 15.4. The topological polar surface area (TPSA) is 119 Å². The Morgan fingerprint density at radius 3 is 2.50 bits per heavy atom. The summed E-state index contributed by atoms with van der Waals surface area (Å²) in [5.41, 5.74) is -2.51. The van der Waals surface area contributed by atoms with E-state index in [0.717, 1.165) is 12.8 Å². The van der Waals surface area contributed by atoms with E-state index in [2.05, 4.69) is 12.2 Å². The number of ether oxygens (including phenoxy) is 1. The van der Waals surface area contributed by atoms with Crippen molar-refractivity contribution >= 4 is 11.7 Å². The van der Waals surface area contributed by atoms with E-state index in [9.17, 15) is 19.8 Å². The van der Waals surface area contributed by atoms with Crippen LogP contribution in [0.5, 0.6) is 0 Å². The molecule has 26 heavy (non-hydrogen) atoms. The number of aliphatic hydroxyl groups is 3. The van der Waals surface area contributed by atoms with Gasteiger partial charge in [-0.25, -0.2) is 0 Å². The summed E-state index contributed by atoms with van der Waals surface area (Å²) in [6.45, 7) is 1.65. The van der Waals surface area contributed by atoms with Crippen molar-refractivity contribution in [3.63, 3.8) is 0 Å². The number of carbonyl (C=O) groups excluding carboxylic acids is 2. The summed E-state index contributed by atoms with van der Waals surface area (Å²) >= 11 is 0. The molecule has 2 saturated heterocycles. The number of epoxide rings is 1. The van der Waals surface area contributed by atoms with E-state index in [4.69, 9.17) is 9.84 Å². The van der Waals surface area contributed by atoms with E-state index in [1.165, 1.54) is 38.5 Å². The maximum atomic E-state index is 12.2. The summed E-state index contributed by atoms with van der Waals surface area (Å²) in [4.78, 5) is 24.0. The largest absolute Gasteiger partial charge is 0.483 e. The molecule has 0 aromatic carbocycles. The van der Waals surface area contributed by atoms with Gasteiger partial charge in [-0.15, -0.1) is 0 Å². The van der Waals surface area contributed by atoms with Gasteiger partial charge < -0.3 is 25.4 Å². The highest BCUT2D eigenvalue weighted by molar-refractivity contribution is 6.12. The molecule has 7 nitrogen and oxygen atoms in total. The second-order valence-electron chi connectivity index (χ2n) is 7.22. The van der Waals surface area contributed by atoms with Gasteiger partial charge in [0.2, 0.25) is 5.60 Å².